The number of hydrogen-bond acceptors (Lipinski definition) is 2. The van der Waals surface area contributed by atoms with Gasteiger partial charge in [-0.3, -0.25) is 4.68 Å². The van der Waals surface area contributed by atoms with Crippen LogP contribution in [0.3, 0.4) is 0 Å². The lowest BCUT2D eigenvalue weighted by Gasteiger charge is -2.10. The molecule has 0 atom stereocenters. The molecule has 1 aromatic rings. The Bertz CT molecular complexity index is 279. The van der Waals surface area contributed by atoms with E-state index < -0.39 is 0 Å². The molecular weight excluding hydrogens is 162 g/mol. The van der Waals surface area contributed by atoms with Crippen molar-refractivity contribution in [2.45, 2.75) is 13.0 Å². The molecule has 0 saturated carbocycles. The molecule has 1 aliphatic heterocycles. The SMILES string of the molecule is Cn1nc2c(c1Cl)CNCC2. The molecule has 4 heteroatoms. The summed E-state index contributed by atoms with van der Waals surface area (Å²) in [6.45, 7) is 1.88. The molecule has 0 aliphatic carbocycles. The van der Waals surface area contributed by atoms with Crippen molar-refractivity contribution >= 4 is 11.6 Å². The molecule has 0 aromatic carbocycles. The van der Waals surface area contributed by atoms with Gasteiger partial charge < -0.3 is 5.32 Å². The summed E-state index contributed by atoms with van der Waals surface area (Å²) < 4.78 is 1.74. The van der Waals surface area contributed by atoms with Gasteiger partial charge in [-0.2, -0.15) is 5.10 Å². The Morgan fingerprint density at radius 2 is 2.45 bits per heavy atom. The van der Waals surface area contributed by atoms with Crippen molar-refractivity contribution in [3.63, 3.8) is 0 Å². The molecule has 1 N–H and O–H groups in total. The molecule has 1 aliphatic rings. The van der Waals surface area contributed by atoms with Crippen LogP contribution in [0.15, 0.2) is 0 Å². The maximum Gasteiger partial charge on any atom is 0.131 e. The molecule has 2 heterocycles. The molecule has 0 saturated heterocycles. The van der Waals surface area contributed by atoms with E-state index in [4.69, 9.17) is 11.6 Å². The Labute approximate surface area is 70.3 Å². The van der Waals surface area contributed by atoms with Crippen LogP contribution in [0.5, 0.6) is 0 Å². The maximum atomic E-state index is 5.99. The topological polar surface area (TPSA) is 29.9 Å². The third-order valence-corrected chi connectivity index (χ3v) is 2.47. The molecule has 1 aromatic heterocycles. The highest BCUT2D eigenvalue weighted by Gasteiger charge is 2.16. The van der Waals surface area contributed by atoms with Gasteiger partial charge in [0.1, 0.15) is 5.15 Å². The first kappa shape index (κ1) is 7.13. The molecule has 0 bridgehead atoms. The van der Waals surface area contributed by atoms with Crippen LogP contribution >= 0.6 is 11.6 Å². The monoisotopic (exact) mass is 171 g/mol. The van der Waals surface area contributed by atoms with E-state index in [0.29, 0.717) is 0 Å². The van der Waals surface area contributed by atoms with Crippen LogP contribution < -0.4 is 5.32 Å². The second-order valence-corrected chi connectivity index (χ2v) is 3.12. The van der Waals surface area contributed by atoms with Gasteiger partial charge in [-0.05, 0) is 0 Å². The molecule has 0 amide bonds. The number of rotatable bonds is 0. The average Bonchev–Trinajstić information content (AvgIpc) is 2.30. The first-order valence-electron chi connectivity index (χ1n) is 3.70. The number of halogens is 1. The highest BCUT2D eigenvalue weighted by molar-refractivity contribution is 6.30. The van der Waals surface area contributed by atoms with E-state index in [-0.39, 0.29) is 0 Å². The fraction of sp³-hybridized carbons (Fsp3) is 0.571. The highest BCUT2D eigenvalue weighted by atomic mass is 35.5. The average molecular weight is 172 g/mol. The van der Waals surface area contributed by atoms with Gasteiger partial charge in [0.15, 0.2) is 0 Å². The zero-order valence-corrected chi connectivity index (χ0v) is 7.15. The van der Waals surface area contributed by atoms with Crippen LogP contribution in [0.25, 0.3) is 0 Å². The third kappa shape index (κ3) is 1.04. The summed E-state index contributed by atoms with van der Waals surface area (Å²) in [5.41, 5.74) is 2.32. The lowest BCUT2D eigenvalue weighted by molar-refractivity contribution is 0.632. The zero-order chi connectivity index (χ0) is 7.84. The normalized spacial score (nSPS) is 16.5. The quantitative estimate of drug-likeness (QED) is 0.624. The van der Waals surface area contributed by atoms with Gasteiger partial charge in [-0.1, -0.05) is 11.6 Å². The molecule has 3 nitrogen and oxygen atoms in total. The maximum absolute atomic E-state index is 5.99. The van der Waals surface area contributed by atoms with Crippen LogP contribution in [0.4, 0.5) is 0 Å². The summed E-state index contributed by atoms with van der Waals surface area (Å²) >= 11 is 5.99. The minimum atomic E-state index is 0.771. The van der Waals surface area contributed by atoms with Crippen LogP contribution in [-0.4, -0.2) is 16.3 Å². The van der Waals surface area contributed by atoms with Crippen LogP contribution in [0.1, 0.15) is 11.3 Å². The predicted octanol–water partition coefficient (Wildman–Crippen LogP) is 0.719. The summed E-state index contributed by atoms with van der Waals surface area (Å²) in [6.07, 6.45) is 0.996. The van der Waals surface area contributed by atoms with Gasteiger partial charge in [0.25, 0.3) is 0 Å². The molecule has 60 valence electrons. The zero-order valence-electron chi connectivity index (χ0n) is 6.39. The van der Waals surface area contributed by atoms with E-state index >= 15 is 0 Å². The van der Waals surface area contributed by atoms with Crippen molar-refractivity contribution in [1.82, 2.24) is 15.1 Å². The van der Waals surface area contributed by atoms with Gasteiger partial charge in [-0.15, -0.1) is 0 Å². The van der Waals surface area contributed by atoms with E-state index in [2.05, 4.69) is 10.4 Å². The first-order valence-corrected chi connectivity index (χ1v) is 4.08. The van der Waals surface area contributed by atoms with E-state index in [9.17, 15) is 0 Å². The predicted molar refractivity (Wildman–Crippen MR) is 43.6 cm³/mol. The Kier molecular flexibility index (Phi) is 1.62. The van der Waals surface area contributed by atoms with E-state index in [1.54, 1.807) is 4.68 Å². The Morgan fingerprint density at radius 3 is 3.18 bits per heavy atom. The van der Waals surface area contributed by atoms with Crippen molar-refractivity contribution in [2.24, 2.45) is 7.05 Å². The lowest BCUT2D eigenvalue weighted by atomic mass is 10.1. The summed E-state index contributed by atoms with van der Waals surface area (Å²) in [6, 6.07) is 0. The first-order chi connectivity index (χ1) is 5.29. The van der Waals surface area contributed by atoms with Crippen molar-refractivity contribution in [3.05, 3.63) is 16.4 Å². The number of hydrogen-bond donors (Lipinski definition) is 1. The Morgan fingerprint density at radius 1 is 1.64 bits per heavy atom. The minimum absolute atomic E-state index is 0.771. The van der Waals surface area contributed by atoms with Gasteiger partial charge in [0.2, 0.25) is 0 Å². The summed E-state index contributed by atoms with van der Waals surface area (Å²) in [5.74, 6) is 0. The van der Waals surface area contributed by atoms with E-state index in [1.165, 1.54) is 5.56 Å². The number of fused-ring (bicyclic) bond motifs is 1. The van der Waals surface area contributed by atoms with Gasteiger partial charge in [-0.25, -0.2) is 0 Å². The fourth-order valence-corrected chi connectivity index (χ4v) is 1.61. The van der Waals surface area contributed by atoms with Crippen LogP contribution in [0.2, 0.25) is 5.15 Å². The van der Waals surface area contributed by atoms with Crippen LogP contribution in [-0.2, 0) is 20.0 Å². The Balaban J connectivity index is 2.50. The van der Waals surface area contributed by atoms with Crippen molar-refractivity contribution < 1.29 is 0 Å². The number of aryl methyl sites for hydroxylation is 1. The molecule has 11 heavy (non-hydrogen) atoms. The van der Waals surface area contributed by atoms with Gasteiger partial charge >= 0.3 is 0 Å². The van der Waals surface area contributed by atoms with Crippen LogP contribution in [0, 0.1) is 0 Å². The molecular formula is C7H10ClN3. The molecule has 0 spiro atoms. The summed E-state index contributed by atoms with van der Waals surface area (Å²) in [5, 5.41) is 8.32. The van der Waals surface area contributed by atoms with E-state index in [0.717, 1.165) is 30.4 Å². The smallest absolute Gasteiger partial charge is 0.131 e. The fourth-order valence-electron chi connectivity index (χ4n) is 1.40. The van der Waals surface area contributed by atoms with Crippen molar-refractivity contribution in [1.29, 1.82) is 0 Å². The second-order valence-electron chi connectivity index (χ2n) is 2.77. The summed E-state index contributed by atoms with van der Waals surface area (Å²) in [4.78, 5) is 0. The van der Waals surface area contributed by atoms with Crippen molar-refractivity contribution in [3.8, 4) is 0 Å². The standard InChI is InChI=1S/C7H10ClN3/c1-11-7(8)5-4-9-3-2-6(5)10-11/h9H,2-4H2,1H3. The second kappa shape index (κ2) is 2.50. The lowest BCUT2D eigenvalue weighted by Crippen LogP contribution is -2.22. The largest absolute Gasteiger partial charge is 0.312 e. The molecule has 0 unspecified atom stereocenters. The summed E-state index contributed by atoms with van der Waals surface area (Å²) in [7, 11) is 1.88. The van der Waals surface area contributed by atoms with Gasteiger partial charge in [0, 0.05) is 32.1 Å². The molecule has 0 fully saturated rings. The van der Waals surface area contributed by atoms with E-state index in [1.807, 2.05) is 7.05 Å². The molecule has 0 radical (unpaired) electrons. The number of nitrogens with one attached hydrogen (secondary N) is 1. The number of nitrogens with zero attached hydrogens (tertiary/aromatic N) is 2. The molecule has 2 rings (SSSR count). The number of aromatic nitrogens is 2. The Hall–Kier alpha value is -0.540. The highest BCUT2D eigenvalue weighted by Crippen LogP contribution is 2.21. The minimum Gasteiger partial charge on any atom is -0.312 e. The van der Waals surface area contributed by atoms with Gasteiger partial charge in [0.05, 0.1) is 5.69 Å². The van der Waals surface area contributed by atoms with Crippen molar-refractivity contribution in [2.75, 3.05) is 6.54 Å². The third-order valence-electron chi connectivity index (χ3n) is 1.99.